The van der Waals surface area contributed by atoms with Gasteiger partial charge in [-0.05, 0) is 25.0 Å². The topological polar surface area (TPSA) is 68.0 Å². The maximum Gasteiger partial charge on any atom is 0.358 e. The molecule has 0 bridgehead atoms. The van der Waals surface area contributed by atoms with Gasteiger partial charge in [0.2, 0.25) is 0 Å². The predicted molar refractivity (Wildman–Crippen MR) is 79.2 cm³/mol. The van der Waals surface area contributed by atoms with E-state index in [9.17, 15) is 9.90 Å². The number of carboxylic acids is 1. The van der Waals surface area contributed by atoms with Crippen LogP contribution in [0.2, 0.25) is 5.02 Å². The first-order chi connectivity index (χ1) is 10.2. The first-order valence-electron chi connectivity index (χ1n) is 7.12. The van der Waals surface area contributed by atoms with E-state index >= 15 is 0 Å². The summed E-state index contributed by atoms with van der Waals surface area (Å²) in [4.78, 5) is 11.4. The molecule has 21 heavy (non-hydrogen) atoms. The number of rotatable bonds is 3. The summed E-state index contributed by atoms with van der Waals surface area (Å²) in [5.41, 5.74) is 1.40. The number of benzene rings is 1. The van der Waals surface area contributed by atoms with Gasteiger partial charge in [-0.1, -0.05) is 48.2 Å². The van der Waals surface area contributed by atoms with E-state index in [0.29, 0.717) is 16.4 Å². The van der Waals surface area contributed by atoms with Gasteiger partial charge in [-0.15, -0.1) is 5.10 Å². The van der Waals surface area contributed by atoms with E-state index in [1.807, 2.05) is 18.2 Å². The van der Waals surface area contributed by atoms with Crippen molar-refractivity contribution in [3.63, 3.8) is 0 Å². The van der Waals surface area contributed by atoms with Crippen LogP contribution in [-0.2, 0) is 0 Å². The number of carbonyl (C=O) groups is 1. The van der Waals surface area contributed by atoms with Crippen LogP contribution >= 0.6 is 11.6 Å². The van der Waals surface area contributed by atoms with Gasteiger partial charge in [0.15, 0.2) is 5.69 Å². The van der Waals surface area contributed by atoms with E-state index in [2.05, 4.69) is 10.3 Å². The van der Waals surface area contributed by atoms with Crippen molar-refractivity contribution in [1.82, 2.24) is 15.0 Å². The van der Waals surface area contributed by atoms with Crippen molar-refractivity contribution in [2.24, 2.45) is 0 Å². The lowest BCUT2D eigenvalue weighted by Gasteiger charge is -2.22. The van der Waals surface area contributed by atoms with E-state index in [1.54, 1.807) is 10.7 Å². The number of nitrogens with zero attached hydrogens (tertiary/aromatic N) is 3. The lowest BCUT2D eigenvalue weighted by Crippen LogP contribution is -2.14. The number of para-hydroxylation sites is 1. The van der Waals surface area contributed by atoms with Gasteiger partial charge in [-0.25, -0.2) is 9.48 Å². The first-order valence-corrected chi connectivity index (χ1v) is 7.50. The largest absolute Gasteiger partial charge is 0.476 e. The van der Waals surface area contributed by atoms with Crippen molar-refractivity contribution in [2.45, 2.75) is 38.0 Å². The lowest BCUT2D eigenvalue weighted by atomic mass is 9.86. The summed E-state index contributed by atoms with van der Waals surface area (Å²) in [5.74, 6) is -0.856. The van der Waals surface area contributed by atoms with Crippen LogP contribution in [0.3, 0.4) is 0 Å². The molecule has 1 aromatic carbocycles. The lowest BCUT2D eigenvalue weighted by molar-refractivity contribution is 0.0688. The fraction of sp³-hybridized carbons (Fsp3) is 0.400. The van der Waals surface area contributed by atoms with Crippen LogP contribution in [0.15, 0.2) is 24.3 Å². The molecule has 5 nitrogen and oxygen atoms in total. The molecule has 3 rings (SSSR count). The molecule has 0 radical (unpaired) electrons. The van der Waals surface area contributed by atoms with Crippen LogP contribution in [0, 0.1) is 0 Å². The molecule has 1 aliphatic carbocycles. The summed E-state index contributed by atoms with van der Waals surface area (Å²) < 4.78 is 1.60. The fourth-order valence-corrected chi connectivity index (χ4v) is 3.20. The molecule has 6 heteroatoms. The second-order valence-electron chi connectivity index (χ2n) is 5.33. The third-order valence-electron chi connectivity index (χ3n) is 3.98. The summed E-state index contributed by atoms with van der Waals surface area (Å²) in [6.45, 7) is 0. The quantitative estimate of drug-likeness (QED) is 0.939. The Balaban J connectivity index is 2.12. The Bertz CT molecular complexity index is 663. The van der Waals surface area contributed by atoms with Crippen molar-refractivity contribution < 1.29 is 9.90 Å². The average Bonchev–Trinajstić information content (AvgIpc) is 2.93. The summed E-state index contributed by atoms with van der Waals surface area (Å²) >= 11 is 6.22. The maximum atomic E-state index is 11.4. The molecule has 1 aromatic heterocycles. The summed E-state index contributed by atoms with van der Waals surface area (Å²) in [7, 11) is 0. The molecule has 0 amide bonds. The molecule has 0 saturated heterocycles. The zero-order valence-electron chi connectivity index (χ0n) is 11.5. The summed E-state index contributed by atoms with van der Waals surface area (Å²) in [5, 5.41) is 17.8. The smallest absolute Gasteiger partial charge is 0.358 e. The van der Waals surface area contributed by atoms with Crippen molar-refractivity contribution in [1.29, 1.82) is 0 Å². The zero-order valence-corrected chi connectivity index (χ0v) is 12.3. The Morgan fingerprint density at radius 1 is 1.24 bits per heavy atom. The molecule has 1 saturated carbocycles. The number of hydrogen-bond acceptors (Lipinski definition) is 3. The molecule has 0 unspecified atom stereocenters. The van der Waals surface area contributed by atoms with E-state index in [-0.39, 0.29) is 11.6 Å². The van der Waals surface area contributed by atoms with Gasteiger partial charge in [-0.3, -0.25) is 0 Å². The maximum absolute atomic E-state index is 11.4. The minimum Gasteiger partial charge on any atom is -0.476 e. The minimum absolute atomic E-state index is 0.0434. The highest BCUT2D eigenvalue weighted by molar-refractivity contribution is 6.32. The summed E-state index contributed by atoms with van der Waals surface area (Å²) in [6.07, 6.45) is 5.36. The Kier molecular flexibility index (Phi) is 3.92. The molecule has 0 spiro atoms. The minimum atomic E-state index is -1.03. The molecule has 1 fully saturated rings. The number of hydrogen-bond donors (Lipinski definition) is 1. The molecule has 0 atom stereocenters. The number of halogens is 1. The van der Waals surface area contributed by atoms with Crippen LogP contribution in [0.1, 0.15) is 54.2 Å². The van der Waals surface area contributed by atoms with E-state index < -0.39 is 5.97 Å². The molecular formula is C15H16ClN3O2. The first kappa shape index (κ1) is 14.1. The summed E-state index contributed by atoms with van der Waals surface area (Å²) in [6, 6.07) is 7.29. The molecule has 110 valence electrons. The van der Waals surface area contributed by atoms with Crippen LogP contribution in [-0.4, -0.2) is 26.1 Å². The third-order valence-corrected chi connectivity index (χ3v) is 4.30. The van der Waals surface area contributed by atoms with Crippen LogP contribution < -0.4 is 0 Å². The van der Waals surface area contributed by atoms with Crippen LogP contribution in [0.25, 0.3) is 5.69 Å². The van der Waals surface area contributed by atoms with Gasteiger partial charge in [0, 0.05) is 5.92 Å². The van der Waals surface area contributed by atoms with Gasteiger partial charge < -0.3 is 5.11 Å². The standard InChI is InChI=1S/C15H16ClN3O2/c16-11-8-4-5-9-12(11)19-14(10-6-2-1-3-7-10)13(15(20)21)17-18-19/h4-5,8-10H,1-3,6-7H2,(H,20,21). The number of aromatic nitrogens is 3. The number of aromatic carboxylic acids is 1. The monoisotopic (exact) mass is 305 g/mol. The second-order valence-corrected chi connectivity index (χ2v) is 5.73. The van der Waals surface area contributed by atoms with E-state index in [1.165, 1.54) is 6.42 Å². The Labute approximate surface area is 127 Å². The Morgan fingerprint density at radius 2 is 1.95 bits per heavy atom. The van der Waals surface area contributed by atoms with Gasteiger partial charge in [0.1, 0.15) is 0 Å². The highest BCUT2D eigenvalue weighted by Gasteiger charge is 2.28. The molecule has 1 N–H and O–H groups in total. The molecule has 1 heterocycles. The third kappa shape index (κ3) is 2.65. The van der Waals surface area contributed by atoms with Gasteiger partial charge in [0.05, 0.1) is 16.4 Å². The Hall–Kier alpha value is -1.88. The predicted octanol–water partition coefficient (Wildman–Crippen LogP) is 3.67. The average molecular weight is 306 g/mol. The van der Waals surface area contributed by atoms with Crippen molar-refractivity contribution >= 4 is 17.6 Å². The highest BCUT2D eigenvalue weighted by atomic mass is 35.5. The van der Waals surface area contributed by atoms with E-state index in [4.69, 9.17) is 11.6 Å². The van der Waals surface area contributed by atoms with Crippen molar-refractivity contribution in [3.05, 3.63) is 40.7 Å². The van der Waals surface area contributed by atoms with Gasteiger partial charge in [0.25, 0.3) is 0 Å². The van der Waals surface area contributed by atoms with Gasteiger partial charge in [-0.2, -0.15) is 0 Å². The molecule has 1 aliphatic rings. The molecule has 0 aliphatic heterocycles. The van der Waals surface area contributed by atoms with E-state index in [0.717, 1.165) is 25.7 Å². The SMILES string of the molecule is O=C(O)c1nnn(-c2ccccc2Cl)c1C1CCCCC1. The van der Waals surface area contributed by atoms with Crippen molar-refractivity contribution in [2.75, 3.05) is 0 Å². The normalized spacial score (nSPS) is 16.0. The zero-order chi connectivity index (χ0) is 14.8. The van der Waals surface area contributed by atoms with Crippen molar-refractivity contribution in [3.8, 4) is 5.69 Å². The van der Waals surface area contributed by atoms with Crippen LogP contribution in [0.5, 0.6) is 0 Å². The van der Waals surface area contributed by atoms with Crippen LogP contribution in [0.4, 0.5) is 0 Å². The molecule has 2 aromatic rings. The fourth-order valence-electron chi connectivity index (χ4n) is 2.99. The second kappa shape index (κ2) is 5.85. The Morgan fingerprint density at radius 3 is 2.62 bits per heavy atom. The number of carboxylic acid groups (broad SMARTS) is 1. The van der Waals surface area contributed by atoms with Gasteiger partial charge >= 0.3 is 5.97 Å². The molecular weight excluding hydrogens is 290 g/mol. The highest BCUT2D eigenvalue weighted by Crippen LogP contribution is 2.35.